The number of hydrogen-bond acceptors (Lipinski definition) is 2. The van der Waals surface area contributed by atoms with Crippen molar-refractivity contribution >= 4 is 18.5 Å². The van der Waals surface area contributed by atoms with E-state index in [1.165, 1.54) is 0 Å². The first-order valence-corrected chi connectivity index (χ1v) is 3.25. The van der Waals surface area contributed by atoms with E-state index in [0.29, 0.717) is 18.7 Å². The van der Waals surface area contributed by atoms with Crippen LogP contribution in [0.4, 0.5) is 0 Å². The van der Waals surface area contributed by atoms with E-state index in [0.717, 1.165) is 0 Å². The molecule has 0 saturated heterocycles. The highest BCUT2D eigenvalue weighted by Gasteiger charge is 1.94. The summed E-state index contributed by atoms with van der Waals surface area (Å²) in [5, 5.41) is 2.51. The van der Waals surface area contributed by atoms with Gasteiger partial charge >= 0.3 is 0 Å². The summed E-state index contributed by atoms with van der Waals surface area (Å²) in [6, 6.07) is 0. The molecule has 1 amide bonds. The fourth-order valence-corrected chi connectivity index (χ4v) is 0.543. The lowest BCUT2D eigenvalue weighted by atomic mass is 10.4. The Balaban J connectivity index is 3.19. The Kier molecular flexibility index (Phi) is 5.14. The average molecular weight is 143 g/mol. The molecular formula is C6H9NOS. The van der Waals surface area contributed by atoms with E-state index in [9.17, 15) is 4.79 Å². The van der Waals surface area contributed by atoms with Crippen molar-refractivity contribution in [3.63, 3.8) is 0 Å². The van der Waals surface area contributed by atoms with Gasteiger partial charge in [0.15, 0.2) is 0 Å². The van der Waals surface area contributed by atoms with Crippen LogP contribution in [0, 0.1) is 12.3 Å². The van der Waals surface area contributed by atoms with E-state index in [2.05, 4.69) is 23.9 Å². The summed E-state index contributed by atoms with van der Waals surface area (Å²) < 4.78 is 0. The molecule has 0 fully saturated rings. The fourth-order valence-electron chi connectivity index (χ4n) is 0.340. The third-order valence-electron chi connectivity index (χ3n) is 0.726. The van der Waals surface area contributed by atoms with E-state index in [1.807, 2.05) is 0 Å². The van der Waals surface area contributed by atoms with Crippen molar-refractivity contribution in [2.75, 3.05) is 12.3 Å². The zero-order valence-electron chi connectivity index (χ0n) is 5.05. The number of hydrogen-bond donors (Lipinski definition) is 2. The van der Waals surface area contributed by atoms with Gasteiger partial charge in [-0.25, -0.2) is 0 Å². The van der Waals surface area contributed by atoms with Gasteiger partial charge in [-0.2, -0.15) is 12.6 Å². The minimum absolute atomic E-state index is 0.0389. The Bertz CT molecular complexity index is 128. The van der Waals surface area contributed by atoms with Crippen molar-refractivity contribution in [1.82, 2.24) is 5.32 Å². The van der Waals surface area contributed by atoms with E-state index in [-0.39, 0.29) is 5.91 Å². The second-order valence-electron chi connectivity index (χ2n) is 1.45. The first-order chi connectivity index (χ1) is 4.31. The Morgan fingerprint density at radius 1 is 1.78 bits per heavy atom. The van der Waals surface area contributed by atoms with Gasteiger partial charge in [0.2, 0.25) is 5.91 Å². The second-order valence-corrected chi connectivity index (χ2v) is 1.90. The number of thiol groups is 1. The summed E-state index contributed by atoms with van der Waals surface area (Å²) in [7, 11) is 0. The van der Waals surface area contributed by atoms with Crippen LogP contribution in [-0.2, 0) is 4.79 Å². The molecule has 0 unspecified atom stereocenters. The number of rotatable bonds is 3. The highest BCUT2D eigenvalue weighted by atomic mass is 32.1. The lowest BCUT2D eigenvalue weighted by Crippen LogP contribution is -2.23. The van der Waals surface area contributed by atoms with Gasteiger partial charge in [0.1, 0.15) is 0 Å². The number of terminal acetylenes is 1. The van der Waals surface area contributed by atoms with E-state index in [1.54, 1.807) is 0 Å². The van der Waals surface area contributed by atoms with Gasteiger partial charge in [-0.3, -0.25) is 4.79 Å². The van der Waals surface area contributed by atoms with Crippen molar-refractivity contribution < 1.29 is 4.79 Å². The molecule has 3 heteroatoms. The number of carbonyl (C=O) groups excluding carboxylic acids is 1. The summed E-state index contributed by atoms with van der Waals surface area (Å²) in [4.78, 5) is 10.5. The van der Waals surface area contributed by atoms with Crippen LogP contribution in [-0.4, -0.2) is 18.2 Å². The van der Waals surface area contributed by atoms with Gasteiger partial charge in [-0.05, 0) is 5.75 Å². The summed E-state index contributed by atoms with van der Waals surface area (Å²) >= 11 is 3.87. The van der Waals surface area contributed by atoms with Crippen LogP contribution in [0.15, 0.2) is 0 Å². The molecular weight excluding hydrogens is 134 g/mol. The van der Waals surface area contributed by atoms with E-state index in [4.69, 9.17) is 6.42 Å². The van der Waals surface area contributed by atoms with Crippen molar-refractivity contribution in [2.24, 2.45) is 0 Å². The number of carbonyl (C=O) groups is 1. The van der Waals surface area contributed by atoms with Crippen LogP contribution in [0.5, 0.6) is 0 Å². The highest BCUT2D eigenvalue weighted by Crippen LogP contribution is 1.81. The Morgan fingerprint density at radius 3 is 2.89 bits per heavy atom. The van der Waals surface area contributed by atoms with E-state index >= 15 is 0 Å². The summed E-state index contributed by atoms with van der Waals surface area (Å²) in [6.45, 7) is 0.312. The molecule has 50 valence electrons. The van der Waals surface area contributed by atoms with Crippen molar-refractivity contribution in [3.05, 3.63) is 0 Å². The quantitative estimate of drug-likeness (QED) is 0.424. The summed E-state index contributed by atoms with van der Waals surface area (Å²) in [5.74, 6) is 2.83. The third-order valence-corrected chi connectivity index (χ3v) is 0.950. The van der Waals surface area contributed by atoms with Crippen LogP contribution >= 0.6 is 12.6 Å². The molecule has 9 heavy (non-hydrogen) atoms. The molecule has 2 nitrogen and oxygen atoms in total. The topological polar surface area (TPSA) is 29.1 Å². The largest absolute Gasteiger partial charge is 0.345 e. The van der Waals surface area contributed by atoms with Crippen LogP contribution < -0.4 is 5.32 Å². The zero-order chi connectivity index (χ0) is 7.11. The molecule has 0 spiro atoms. The molecule has 0 aromatic carbocycles. The summed E-state index contributed by atoms with van der Waals surface area (Å²) in [6.07, 6.45) is 5.32. The monoisotopic (exact) mass is 143 g/mol. The van der Waals surface area contributed by atoms with Crippen molar-refractivity contribution in [2.45, 2.75) is 6.42 Å². The minimum Gasteiger partial charge on any atom is -0.345 e. The molecule has 1 N–H and O–H groups in total. The van der Waals surface area contributed by atoms with Crippen LogP contribution in [0.2, 0.25) is 0 Å². The first kappa shape index (κ1) is 8.38. The maximum absolute atomic E-state index is 10.5. The van der Waals surface area contributed by atoms with Gasteiger partial charge in [0.25, 0.3) is 0 Å². The summed E-state index contributed by atoms with van der Waals surface area (Å²) in [5.41, 5.74) is 0. The molecule has 0 aromatic heterocycles. The molecule has 0 atom stereocenters. The SMILES string of the molecule is C#CCNC(=O)CCS. The average Bonchev–Trinajstić information content (AvgIpc) is 1.85. The molecule has 0 rings (SSSR count). The maximum atomic E-state index is 10.5. The van der Waals surface area contributed by atoms with E-state index < -0.39 is 0 Å². The van der Waals surface area contributed by atoms with Gasteiger partial charge < -0.3 is 5.32 Å². The predicted molar refractivity (Wildman–Crippen MR) is 40.3 cm³/mol. The Hall–Kier alpha value is -0.620. The number of amides is 1. The highest BCUT2D eigenvalue weighted by molar-refractivity contribution is 7.80. The lowest BCUT2D eigenvalue weighted by Gasteiger charge is -1.95. The van der Waals surface area contributed by atoms with Gasteiger partial charge in [0.05, 0.1) is 6.54 Å². The minimum atomic E-state index is -0.0389. The molecule has 0 heterocycles. The lowest BCUT2D eigenvalue weighted by molar-refractivity contribution is -0.120. The predicted octanol–water partition coefficient (Wildman–Crippen LogP) is 0.0557. The zero-order valence-corrected chi connectivity index (χ0v) is 5.95. The number of nitrogens with one attached hydrogen (secondary N) is 1. The van der Waals surface area contributed by atoms with Crippen LogP contribution in [0.1, 0.15) is 6.42 Å². The normalized spacial score (nSPS) is 8.00. The molecule has 0 radical (unpaired) electrons. The molecule has 0 aliphatic heterocycles. The molecule has 0 aliphatic rings. The van der Waals surface area contributed by atoms with Gasteiger partial charge in [-0.1, -0.05) is 5.92 Å². The molecule has 0 saturated carbocycles. The molecule has 0 aliphatic carbocycles. The van der Waals surface area contributed by atoms with Crippen LogP contribution in [0.3, 0.4) is 0 Å². The third kappa shape index (κ3) is 5.25. The standard InChI is InChI=1S/C6H9NOS/c1-2-4-7-6(8)3-5-9/h1,9H,3-5H2,(H,7,8). The fraction of sp³-hybridized carbons (Fsp3) is 0.500. The Morgan fingerprint density at radius 2 is 2.44 bits per heavy atom. The van der Waals surface area contributed by atoms with Crippen LogP contribution in [0.25, 0.3) is 0 Å². The first-order valence-electron chi connectivity index (χ1n) is 2.62. The van der Waals surface area contributed by atoms with Gasteiger partial charge in [0, 0.05) is 6.42 Å². The molecule has 0 bridgehead atoms. The Labute approximate surface area is 60.4 Å². The van der Waals surface area contributed by atoms with Gasteiger partial charge in [-0.15, -0.1) is 6.42 Å². The maximum Gasteiger partial charge on any atom is 0.221 e. The molecule has 0 aromatic rings. The smallest absolute Gasteiger partial charge is 0.221 e. The van der Waals surface area contributed by atoms with Crippen molar-refractivity contribution in [3.8, 4) is 12.3 Å². The van der Waals surface area contributed by atoms with Crippen molar-refractivity contribution in [1.29, 1.82) is 0 Å². The second kappa shape index (κ2) is 5.52.